The van der Waals surface area contributed by atoms with Crippen LogP contribution in [-0.4, -0.2) is 29.7 Å². The summed E-state index contributed by atoms with van der Waals surface area (Å²) in [6.07, 6.45) is -0.00200. The molecule has 0 aliphatic carbocycles. The zero-order chi connectivity index (χ0) is 19.1. The summed E-state index contributed by atoms with van der Waals surface area (Å²) >= 11 is 1.56. The SMILES string of the molecule is Cc1noc(C)c1CSc1ccccc1C(=O)NCCC(=O)OC(C)C. The fourth-order valence-corrected chi connectivity index (χ4v) is 3.54. The van der Waals surface area contributed by atoms with E-state index in [-0.39, 0.29) is 30.9 Å². The number of thioether (sulfide) groups is 1. The van der Waals surface area contributed by atoms with E-state index >= 15 is 0 Å². The molecule has 0 radical (unpaired) electrons. The van der Waals surface area contributed by atoms with Crippen LogP contribution < -0.4 is 5.32 Å². The quantitative estimate of drug-likeness (QED) is 0.559. The van der Waals surface area contributed by atoms with Crippen LogP contribution >= 0.6 is 11.8 Å². The van der Waals surface area contributed by atoms with Gasteiger partial charge in [-0.05, 0) is 39.8 Å². The number of benzene rings is 1. The van der Waals surface area contributed by atoms with Crippen LogP contribution in [0.3, 0.4) is 0 Å². The van der Waals surface area contributed by atoms with Crippen molar-refractivity contribution >= 4 is 23.6 Å². The number of ether oxygens (including phenoxy) is 1. The van der Waals surface area contributed by atoms with E-state index in [0.29, 0.717) is 11.3 Å². The topological polar surface area (TPSA) is 81.4 Å². The molecule has 6 nitrogen and oxygen atoms in total. The Bertz CT molecular complexity index is 751. The van der Waals surface area contributed by atoms with Gasteiger partial charge in [-0.15, -0.1) is 11.8 Å². The van der Waals surface area contributed by atoms with Crippen LogP contribution in [0.2, 0.25) is 0 Å². The van der Waals surface area contributed by atoms with E-state index < -0.39 is 0 Å². The van der Waals surface area contributed by atoms with Crippen molar-refractivity contribution in [3.8, 4) is 0 Å². The lowest BCUT2D eigenvalue weighted by Crippen LogP contribution is -2.27. The number of hydrogen-bond acceptors (Lipinski definition) is 6. The molecule has 1 heterocycles. The largest absolute Gasteiger partial charge is 0.463 e. The minimum absolute atomic E-state index is 0.151. The molecule has 7 heteroatoms. The van der Waals surface area contributed by atoms with Crippen molar-refractivity contribution in [1.82, 2.24) is 10.5 Å². The summed E-state index contributed by atoms with van der Waals surface area (Å²) in [7, 11) is 0. The van der Waals surface area contributed by atoms with E-state index in [4.69, 9.17) is 9.26 Å². The van der Waals surface area contributed by atoms with Crippen LogP contribution in [0.25, 0.3) is 0 Å². The zero-order valence-electron chi connectivity index (χ0n) is 15.5. The number of nitrogens with zero attached hydrogens (tertiary/aromatic N) is 1. The third-order valence-corrected chi connectivity index (χ3v) is 4.77. The Balaban J connectivity index is 1.95. The molecule has 2 rings (SSSR count). The summed E-state index contributed by atoms with van der Waals surface area (Å²) in [5, 5.41) is 6.73. The maximum atomic E-state index is 12.5. The van der Waals surface area contributed by atoms with Gasteiger partial charge in [-0.25, -0.2) is 0 Å². The molecule has 0 saturated heterocycles. The fraction of sp³-hybridized carbons (Fsp3) is 0.421. The molecule has 1 N–H and O–H groups in total. The summed E-state index contributed by atoms with van der Waals surface area (Å²) in [5.74, 6) is 0.942. The van der Waals surface area contributed by atoms with Crippen molar-refractivity contribution in [3.05, 3.63) is 46.8 Å². The highest BCUT2D eigenvalue weighted by Gasteiger charge is 2.15. The molecule has 0 bridgehead atoms. The van der Waals surface area contributed by atoms with Crippen LogP contribution in [0.4, 0.5) is 0 Å². The van der Waals surface area contributed by atoms with E-state index in [2.05, 4.69) is 10.5 Å². The molecule has 1 amide bonds. The van der Waals surface area contributed by atoms with Crippen LogP contribution in [0, 0.1) is 13.8 Å². The van der Waals surface area contributed by atoms with Crippen molar-refractivity contribution in [2.75, 3.05) is 6.54 Å². The average Bonchev–Trinajstić information content (AvgIpc) is 2.90. The second-order valence-electron chi connectivity index (χ2n) is 6.13. The highest BCUT2D eigenvalue weighted by molar-refractivity contribution is 7.98. The molecule has 0 aliphatic heterocycles. The molecular formula is C19H24N2O4S. The first-order valence-corrected chi connectivity index (χ1v) is 9.48. The zero-order valence-corrected chi connectivity index (χ0v) is 16.3. The van der Waals surface area contributed by atoms with Crippen LogP contribution in [0.1, 0.15) is 47.6 Å². The third kappa shape index (κ3) is 5.62. The second kappa shape index (κ2) is 9.43. The van der Waals surface area contributed by atoms with Gasteiger partial charge < -0.3 is 14.6 Å². The van der Waals surface area contributed by atoms with E-state index in [9.17, 15) is 9.59 Å². The Morgan fingerprint density at radius 1 is 1.27 bits per heavy atom. The van der Waals surface area contributed by atoms with E-state index in [1.807, 2.05) is 32.0 Å². The van der Waals surface area contributed by atoms with Gasteiger partial charge in [-0.1, -0.05) is 17.3 Å². The molecule has 1 aromatic carbocycles. The lowest BCUT2D eigenvalue weighted by atomic mass is 10.2. The van der Waals surface area contributed by atoms with Crippen molar-refractivity contribution in [2.45, 2.75) is 50.9 Å². The molecule has 1 aromatic heterocycles. The minimum Gasteiger partial charge on any atom is -0.463 e. The van der Waals surface area contributed by atoms with Crippen LogP contribution in [0.15, 0.2) is 33.7 Å². The Labute approximate surface area is 157 Å². The first kappa shape index (κ1) is 20.0. The molecule has 26 heavy (non-hydrogen) atoms. The van der Waals surface area contributed by atoms with Gasteiger partial charge in [0.1, 0.15) is 5.76 Å². The molecule has 0 fully saturated rings. The number of hydrogen-bond donors (Lipinski definition) is 1. The molecule has 0 spiro atoms. The smallest absolute Gasteiger partial charge is 0.307 e. The van der Waals surface area contributed by atoms with Crippen molar-refractivity contribution in [3.63, 3.8) is 0 Å². The molecule has 0 saturated carbocycles. The van der Waals surface area contributed by atoms with Gasteiger partial charge in [0, 0.05) is 22.8 Å². The van der Waals surface area contributed by atoms with E-state index in [1.54, 1.807) is 31.7 Å². The number of aromatic nitrogens is 1. The Hall–Kier alpha value is -2.28. The van der Waals surface area contributed by atoms with Gasteiger partial charge in [-0.2, -0.15) is 0 Å². The normalized spacial score (nSPS) is 10.8. The predicted molar refractivity (Wildman–Crippen MR) is 100 cm³/mol. The standard InChI is InChI=1S/C19H24N2O4S/c1-12(2)24-18(22)9-10-20-19(23)15-7-5-6-8-17(15)26-11-16-13(3)21-25-14(16)4/h5-8,12H,9-11H2,1-4H3,(H,20,23). The Morgan fingerprint density at radius 2 is 2.00 bits per heavy atom. The van der Waals surface area contributed by atoms with Gasteiger partial charge in [0.05, 0.1) is 23.8 Å². The van der Waals surface area contributed by atoms with E-state index in [0.717, 1.165) is 21.9 Å². The molecular weight excluding hydrogens is 352 g/mol. The number of amides is 1. The van der Waals surface area contributed by atoms with Gasteiger partial charge in [0.2, 0.25) is 0 Å². The van der Waals surface area contributed by atoms with Gasteiger partial charge in [-0.3, -0.25) is 9.59 Å². The molecule has 0 atom stereocenters. The number of esters is 1. The number of nitrogens with one attached hydrogen (secondary N) is 1. The lowest BCUT2D eigenvalue weighted by molar-refractivity contribution is -0.147. The Morgan fingerprint density at radius 3 is 2.65 bits per heavy atom. The predicted octanol–water partition coefficient (Wildman–Crippen LogP) is 3.66. The van der Waals surface area contributed by atoms with Crippen molar-refractivity contribution in [1.29, 1.82) is 0 Å². The van der Waals surface area contributed by atoms with Gasteiger partial charge in [0.25, 0.3) is 5.91 Å². The number of rotatable bonds is 8. The lowest BCUT2D eigenvalue weighted by Gasteiger charge is -2.11. The number of aryl methyl sites for hydroxylation is 2. The fourth-order valence-electron chi connectivity index (χ4n) is 2.33. The third-order valence-electron chi connectivity index (χ3n) is 3.67. The number of carbonyl (C=O) groups excluding carboxylic acids is 2. The molecule has 140 valence electrons. The summed E-state index contributed by atoms with van der Waals surface area (Å²) in [6, 6.07) is 7.40. The van der Waals surface area contributed by atoms with Gasteiger partial charge >= 0.3 is 5.97 Å². The maximum absolute atomic E-state index is 12.5. The molecule has 0 aliphatic rings. The second-order valence-corrected chi connectivity index (χ2v) is 7.15. The highest BCUT2D eigenvalue weighted by atomic mass is 32.2. The molecule has 2 aromatic rings. The highest BCUT2D eigenvalue weighted by Crippen LogP contribution is 2.28. The summed E-state index contributed by atoms with van der Waals surface area (Å²) in [4.78, 5) is 24.9. The summed E-state index contributed by atoms with van der Waals surface area (Å²) in [6.45, 7) is 7.62. The molecule has 0 unspecified atom stereocenters. The first-order chi connectivity index (χ1) is 12.4. The Kier molecular flexibility index (Phi) is 7.26. The van der Waals surface area contributed by atoms with Crippen LogP contribution in [0.5, 0.6) is 0 Å². The summed E-state index contributed by atoms with van der Waals surface area (Å²) < 4.78 is 10.2. The van der Waals surface area contributed by atoms with Crippen LogP contribution in [-0.2, 0) is 15.3 Å². The average molecular weight is 376 g/mol. The van der Waals surface area contributed by atoms with E-state index in [1.165, 1.54) is 0 Å². The van der Waals surface area contributed by atoms with Crippen molar-refractivity contribution < 1.29 is 18.8 Å². The monoisotopic (exact) mass is 376 g/mol. The van der Waals surface area contributed by atoms with Crippen molar-refractivity contribution in [2.24, 2.45) is 0 Å². The summed E-state index contributed by atoms with van der Waals surface area (Å²) in [5.41, 5.74) is 2.49. The van der Waals surface area contributed by atoms with Gasteiger partial charge in [0.15, 0.2) is 0 Å². The first-order valence-electron chi connectivity index (χ1n) is 8.49. The maximum Gasteiger partial charge on any atom is 0.307 e. The minimum atomic E-state index is -0.318. The number of carbonyl (C=O) groups is 2.